The molecule has 8 nitrogen and oxygen atoms in total. The summed E-state index contributed by atoms with van der Waals surface area (Å²) in [5, 5.41) is 20.3. The number of non-ortho nitro benzene ring substituents is 1. The van der Waals surface area contributed by atoms with Crippen LogP contribution in [0.1, 0.15) is 16.1 Å². The number of rotatable bonds is 4. The van der Waals surface area contributed by atoms with Gasteiger partial charge in [0.2, 0.25) is 0 Å². The van der Waals surface area contributed by atoms with Crippen LogP contribution in [0.25, 0.3) is 5.69 Å². The lowest BCUT2D eigenvalue weighted by Gasteiger charge is -2.11. The third kappa shape index (κ3) is 3.92. The highest BCUT2D eigenvalue weighted by Gasteiger charge is 2.34. The Morgan fingerprint density at radius 2 is 1.89 bits per heavy atom. The molecule has 2 aromatic carbocycles. The summed E-state index contributed by atoms with van der Waals surface area (Å²) in [7, 11) is 0. The Balaban J connectivity index is 1.85. The predicted octanol–water partition coefficient (Wildman–Crippen LogP) is 3.45. The summed E-state index contributed by atoms with van der Waals surface area (Å²) in [5.74, 6) is -0.772. The van der Waals surface area contributed by atoms with Crippen LogP contribution in [0.5, 0.6) is 0 Å². The standard InChI is InChI=1S/C16H10F3N5O3/c17-16(18,19)12-6-1-2-7-14(12)23-9-13(21-22-23)15(25)20-10-4-3-5-11(8-10)24(26)27/h1-9H,(H,20,25). The molecule has 1 heterocycles. The number of nitro groups is 1. The van der Waals surface area contributed by atoms with Gasteiger partial charge in [-0.25, -0.2) is 4.68 Å². The maximum absolute atomic E-state index is 13.1. The van der Waals surface area contributed by atoms with E-state index in [2.05, 4.69) is 15.6 Å². The van der Waals surface area contributed by atoms with Crippen LogP contribution in [-0.4, -0.2) is 25.8 Å². The zero-order valence-electron chi connectivity index (χ0n) is 13.3. The number of nitrogens with one attached hydrogen (secondary N) is 1. The normalized spacial score (nSPS) is 11.2. The van der Waals surface area contributed by atoms with Gasteiger partial charge in [0.05, 0.1) is 22.4 Å². The van der Waals surface area contributed by atoms with E-state index in [-0.39, 0.29) is 22.8 Å². The monoisotopic (exact) mass is 377 g/mol. The summed E-state index contributed by atoms with van der Waals surface area (Å²) in [6.07, 6.45) is -3.56. The first kappa shape index (κ1) is 18.0. The van der Waals surface area contributed by atoms with Crippen LogP contribution in [0, 0.1) is 10.1 Å². The molecule has 3 aromatic rings. The lowest BCUT2D eigenvalue weighted by molar-refractivity contribution is -0.384. The maximum Gasteiger partial charge on any atom is 0.418 e. The number of nitrogens with zero attached hydrogens (tertiary/aromatic N) is 4. The number of anilines is 1. The summed E-state index contributed by atoms with van der Waals surface area (Å²) in [6.45, 7) is 0. The molecule has 0 radical (unpaired) electrons. The van der Waals surface area contributed by atoms with Crippen LogP contribution in [0.4, 0.5) is 24.5 Å². The number of carbonyl (C=O) groups is 1. The minimum Gasteiger partial charge on any atom is -0.320 e. The van der Waals surface area contributed by atoms with Gasteiger partial charge in [0.15, 0.2) is 5.69 Å². The van der Waals surface area contributed by atoms with Gasteiger partial charge >= 0.3 is 6.18 Å². The maximum atomic E-state index is 13.1. The van der Waals surface area contributed by atoms with E-state index in [9.17, 15) is 28.1 Å². The van der Waals surface area contributed by atoms with Crippen molar-refractivity contribution in [3.8, 4) is 5.69 Å². The lowest BCUT2D eigenvalue weighted by atomic mass is 10.1. The van der Waals surface area contributed by atoms with Gasteiger partial charge in [-0.15, -0.1) is 5.10 Å². The predicted molar refractivity (Wildman–Crippen MR) is 87.4 cm³/mol. The molecule has 0 saturated carbocycles. The van der Waals surface area contributed by atoms with Gasteiger partial charge in [-0.05, 0) is 18.2 Å². The van der Waals surface area contributed by atoms with E-state index in [1.54, 1.807) is 0 Å². The highest BCUT2D eigenvalue weighted by atomic mass is 19.4. The molecule has 1 N–H and O–H groups in total. The van der Waals surface area contributed by atoms with Crippen LogP contribution in [0.3, 0.4) is 0 Å². The highest BCUT2D eigenvalue weighted by molar-refractivity contribution is 6.02. The molecule has 0 fully saturated rings. The number of alkyl halides is 3. The smallest absolute Gasteiger partial charge is 0.320 e. The van der Waals surface area contributed by atoms with Gasteiger partial charge < -0.3 is 5.32 Å². The Bertz CT molecular complexity index is 1020. The average Bonchev–Trinajstić information content (AvgIpc) is 3.11. The summed E-state index contributed by atoms with van der Waals surface area (Å²) in [4.78, 5) is 22.3. The van der Waals surface area contributed by atoms with Gasteiger partial charge in [-0.1, -0.05) is 23.4 Å². The average molecular weight is 377 g/mol. The van der Waals surface area contributed by atoms with Gasteiger partial charge in [0.1, 0.15) is 0 Å². The van der Waals surface area contributed by atoms with Crippen LogP contribution in [-0.2, 0) is 6.18 Å². The molecule has 1 amide bonds. The van der Waals surface area contributed by atoms with E-state index in [1.165, 1.54) is 36.4 Å². The van der Waals surface area contributed by atoms with Gasteiger partial charge in [0, 0.05) is 17.8 Å². The molecule has 3 rings (SSSR count). The molecule has 0 spiro atoms. The van der Waals surface area contributed by atoms with Crippen molar-refractivity contribution in [1.29, 1.82) is 0 Å². The van der Waals surface area contributed by atoms with Crippen molar-refractivity contribution in [2.45, 2.75) is 6.18 Å². The summed E-state index contributed by atoms with van der Waals surface area (Å²) in [6, 6.07) is 9.91. The Morgan fingerprint density at radius 3 is 2.59 bits per heavy atom. The SMILES string of the molecule is O=C(Nc1cccc([N+](=O)[O-])c1)c1cn(-c2ccccc2C(F)(F)F)nn1. The number of hydrogen-bond acceptors (Lipinski definition) is 5. The third-order valence-corrected chi connectivity index (χ3v) is 3.50. The molecule has 0 saturated heterocycles. The van der Waals surface area contributed by atoms with Gasteiger partial charge in [0.25, 0.3) is 11.6 Å². The zero-order valence-corrected chi connectivity index (χ0v) is 13.3. The van der Waals surface area contributed by atoms with Crippen LogP contribution in [0.2, 0.25) is 0 Å². The fourth-order valence-corrected chi connectivity index (χ4v) is 2.29. The summed E-state index contributed by atoms with van der Waals surface area (Å²) in [5.41, 5.74) is -1.55. The number of aromatic nitrogens is 3. The highest BCUT2D eigenvalue weighted by Crippen LogP contribution is 2.33. The molecule has 11 heteroatoms. The zero-order chi connectivity index (χ0) is 19.6. The van der Waals surface area contributed by atoms with Crippen molar-refractivity contribution < 1.29 is 22.9 Å². The number of nitro benzene ring substituents is 1. The lowest BCUT2D eigenvalue weighted by Crippen LogP contribution is -2.12. The molecular weight excluding hydrogens is 367 g/mol. The number of benzene rings is 2. The molecule has 0 aliphatic carbocycles. The minimum atomic E-state index is -4.60. The quantitative estimate of drug-likeness (QED) is 0.554. The van der Waals surface area contributed by atoms with Crippen molar-refractivity contribution in [2.24, 2.45) is 0 Å². The first-order valence-corrected chi connectivity index (χ1v) is 7.40. The van der Waals surface area contributed by atoms with Gasteiger partial charge in [-0.3, -0.25) is 14.9 Å². The van der Waals surface area contributed by atoms with E-state index >= 15 is 0 Å². The third-order valence-electron chi connectivity index (χ3n) is 3.50. The number of carbonyl (C=O) groups excluding carboxylic acids is 1. The first-order valence-electron chi connectivity index (χ1n) is 7.40. The molecule has 27 heavy (non-hydrogen) atoms. The molecule has 0 bridgehead atoms. The van der Waals surface area contributed by atoms with E-state index < -0.39 is 22.6 Å². The fraction of sp³-hybridized carbons (Fsp3) is 0.0625. The van der Waals surface area contributed by atoms with E-state index in [4.69, 9.17) is 0 Å². The van der Waals surface area contributed by atoms with Crippen molar-refractivity contribution in [1.82, 2.24) is 15.0 Å². The second-order valence-electron chi connectivity index (χ2n) is 5.32. The number of hydrogen-bond donors (Lipinski definition) is 1. The van der Waals surface area contributed by atoms with E-state index in [0.717, 1.165) is 23.0 Å². The number of para-hydroxylation sites is 1. The van der Waals surface area contributed by atoms with Crippen LogP contribution >= 0.6 is 0 Å². The van der Waals surface area contributed by atoms with E-state index in [0.29, 0.717) is 0 Å². The largest absolute Gasteiger partial charge is 0.418 e. The Morgan fingerprint density at radius 1 is 1.15 bits per heavy atom. The molecule has 0 aliphatic heterocycles. The van der Waals surface area contributed by atoms with Crippen LogP contribution < -0.4 is 5.32 Å². The minimum absolute atomic E-state index is 0.138. The van der Waals surface area contributed by atoms with Gasteiger partial charge in [-0.2, -0.15) is 13.2 Å². The fourth-order valence-electron chi connectivity index (χ4n) is 2.29. The van der Waals surface area contributed by atoms with Crippen molar-refractivity contribution in [3.63, 3.8) is 0 Å². The Kier molecular flexibility index (Phi) is 4.59. The Labute approximate surface area is 149 Å². The first-order chi connectivity index (χ1) is 12.8. The molecular formula is C16H10F3N5O3. The second kappa shape index (κ2) is 6.86. The van der Waals surface area contributed by atoms with E-state index in [1.807, 2.05) is 0 Å². The molecule has 0 unspecified atom stereocenters. The van der Waals surface area contributed by atoms with Crippen molar-refractivity contribution in [3.05, 3.63) is 76.1 Å². The van der Waals surface area contributed by atoms with Crippen molar-refractivity contribution >= 4 is 17.3 Å². The molecule has 0 aliphatic rings. The second-order valence-corrected chi connectivity index (χ2v) is 5.32. The van der Waals surface area contributed by atoms with Crippen LogP contribution in [0.15, 0.2) is 54.7 Å². The Hall–Kier alpha value is -3.76. The molecule has 0 atom stereocenters. The summed E-state index contributed by atoms with van der Waals surface area (Å²) < 4.78 is 40.1. The topological polar surface area (TPSA) is 103 Å². The van der Waals surface area contributed by atoms with Crippen molar-refractivity contribution in [2.75, 3.05) is 5.32 Å². The number of halogens is 3. The molecule has 1 aromatic heterocycles. The number of amides is 1. The molecule has 138 valence electrons. The summed E-state index contributed by atoms with van der Waals surface area (Å²) >= 11 is 0.